The Labute approximate surface area is 157 Å². The molecular weight excluding hydrogens is 350 g/mol. The van der Waals surface area contributed by atoms with Gasteiger partial charge in [0.05, 0.1) is 13.2 Å². The van der Waals surface area contributed by atoms with Crippen LogP contribution < -0.4 is 9.64 Å². The van der Waals surface area contributed by atoms with Crippen LogP contribution in [0.15, 0.2) is 28.8 Å². The van der Waals surface area contributed by atoms with E-state index in [1.54, 1.807) is 31.2 Å². The van der Waals surface area contributed by atoms with Crippen LogP contribution in [-0.4, -0.2) is 53.6 Å². The van der Waals surface area contributed by atoms with Gasteiger partial charge in [-0.3, -0.25) is 0 Å². The van der Waals surface area contributed by atoms with Crippen molar-refractivity contribution in [2.24, 2.45) is 11.8 Å². The molecule has 1 N–H and O–H groups in total. The number of aryl methyl sites for hydroxylation is 1. The number of anilines is 1. The standard InChI is InChI=1S/C19H23N3O5/c1-11-20-19(21-27-11)22-9-12-7-15(23)17(8-13(12)10-22)26-16-6-4-3-5-14(16)18(24)25-2/h3-6,12-13,15,17,23H,7-10H2,1-2H3/t12-,13+,15+,17+/m0/s1. The van der Waals surface area contributed by atoms with Gasteiger partial charge in [-0.15, -0.1) is 0 Å². The summed E-state index contributed by atoms with van der Waals surface area (Å²) in [6.07, 6.45) is 0.380. The molecule has 27 heavy (non-hydrogen) atoms. The Hall–Kier alpha value is -2.61. The Bertz CT molecular complexity index is 823. The van der Waals surface area contributed by atoms with E-state index in [2.05, 4.69) is 15.0 Å². The number of rotatable bonds is 4. The predicted molar refractivity (Wildman–Crippen MR) is 95.7 cm³/mol. The van der Waals surface area contributed by atoms with E-state index in [1.807, 2.05) is 0 Å². The van der Waals surface area contributed by atoms with Gasteiger partial charge >= 0.3 is 5.97 Å². The van der Waals surface area contributed by atoms with Gasteiger partial charge in [0.25, 0.3) is 5.95 Å². The van der Waals surface area contributed by atoms with Gasteiger partial charge in [-0.05, 0) is 42.0 Å². The first kappa shape index (κ1) is 17.8. The van der Waals surface area contributed by atoms with Crippen molar-refractivity contribution in [3.63, 3.8) is 0 Å². The summed E-state index contributed by atoms with van der Waals surface area (Å²) in [6.45, 7) is 3.37. The fourth-order valence-corrected chi connectivity index (χ4v) is 4.11. The maximum absolute atomic E-state index is 11.9. The average molecular weight is 373 g/mol. The van der Waals surface area contributed by atoms with Crippen LogP contribution in [-0.2, 0) is 4.74 Å². The molecule has 1 saturated heterocycles. The van der Waals surface area contributed by atoms with Crippen molar-refractivity contribution in [3.05, 3.63) is 35.7 Å². The highest BCUT2D eigenvalue weighted by atomic mass is 16.5. The fourth-order valence-electron chi connectivity index (χ4n) is 4.11. The van der Waals surface area contributed by atoms with Crippen LogP contribution in [0.2, 0.25) is 0 Å². The summed E-state index contributed by atoms with van der Waals surface area (Å²) < 4.78 is 15.9. The number of hydrogen-bond donors (Lipinski definition) is 1. The van der Waals surface area contributed by atoms with Gasteiger partial charge in [-0.2, -0.15) is 4.98 Å². The summed E-state index contributed by atoms with van der Waals surface area (Å²) in [6, 6.07) is 6.95. The van der Waals surface area contributed by atoms with Gasteiger partial charge in [0.15, 0.2) is 0 Å². The number of esters is 1. The van der Waals surface area contributed by atoms with Crippen LogP contribution >= 0.6 is 0 Å². The van der Waals surface area contributed by atoms with Crippen LogP contribution in [0.1, 0.15) is 29.1 Å². The Kier molecular flexibility index (Phi) is 4.73. The molecule has 1 aromatic carbocycles. The lowest BCUT2D eigenvalue weighted by molar-refractivity contribution is -0.0237. The third-order valence-electron chi connectivity index (χ3n) is 5.46. The van der Waals surface area contributed by atoms with Crippen molar-refractivity contribution in [2.45, 2.75) is 32.0 Å². The normalized spacial score (nSPS) is 27.3. The van der Waals surface area contributed by atoms with E-state index in [1.165, 1.54) is 7.11 Å². The molecule has 2 fully saturated rings. The maximum atomic E-state index is 11.9. The Morgan fingerprint density at radius 1 is 1.26 bits per heavy atom. The number of methoxy groups -OCH3 is 1. The first-order valence-corrected chi connectivity index (χ1v) is 9.12. The highest BCUT2D eigenvalue weighted by Gasteiger charge is 2.43. The van der Waals surface area contributed by atoms with Crippen molar-refractivity contribution < 1.29 is 23.9 Å². The van der Waals surface area contributed by atoms with E-state index < -0.39 is 12.1 Å². The second-order valence-electron chi connectivity index (χ2n) is 7.22. The third kappa shape index (κ3) is 3.49. The zero-order valence-corrected chi connectivity index (χ0v) is 15.4. The number of fused-ring (bicyclic) bond motifs is 1. The minimum atomic E-state index is -0.594. The number of benzene rings is 1. The highest BCUT2D eigenvalue weighted by molar-refractivity contribution is 5.92. The number of aliphatic hydroxyl groups excluding tert-OH is 1. The molecule has 8 nitrogen and oxygen atoms in total. The number of aliphatic hydroxyl groups is 1. The van der Waals surface area contributed by atoms with Crippen LogP contribution in [0.25, 0.3) is 0 Å². The van der Waals surface area contributed by atoms with Gasteiger partial charge < -0.3 is 24.0 Å². The maximum Gasteiger partial charge on any atom is 0.341 e. The molecule has 4 atom stereocenters. The highest BCUT2D eigenvalue weighted by Crippen LogP contribution is 2.39. The molecule has 4 rings (SSSR count). The first-order chi connectivity index (χ1) is 13.0. The molecule has 1 aliphatic heterocycles. The fraction of sp³-hybridized carbons (Fsp3) is 0.526. The van der Waals surface area contributed by atoms with Gasteiger partial charge in [0.1, 0.15) is 17.4 Å². The molecule has 144 valence electrons. The summed E-state index contributed by atoms with van der Waals surface area (Å²) >= 11 is 0. The van der Waals surface area contributed by atoms with Crippen molar-refractivity contribution in [1.29, 1.82) is 0 Å². The SMILES string of the molecule is COC(=O)c1ccccc1O[C@@H]1C[C@@H]2CN(c3noc(C)n3)C[C@@H]2C[C@H]1O. The average Bonchev–Trinajstić information content (AvgIpc) is 3.27. The Morgan fingerprint density at radius 3 is 2.70 bits per heavy atom. The van der Waals surface area contributed by atoms with E-state index in [4.69, 9.17) is 14.0 Å². The molecule has 1 saturated carbocycles. The van der Waals surface area contributed by atoms with Crippen molar-refractivity contribution in [2.75, 3.05) is 25.1 Å². The van der Waals surface area contributed by atoms with Crippen molar-refractivity contribution in [1.82, 2.24) is 10.1 Å². The van der Waals surface area contributed by atoms with Gasteiger partial charge in [-0.25, -0.2) is 4.79 Å². The molecule has 1 aliphatic carbocycles. The van der Waals surface area contributed by atoms with E-state index in [9.17, 15) is 9.90 Å². The number of hydrogen-bond acceptors (Lipinski definition) is 8. The zero-order valence-electron chi connectivity index (χ0n) is 15.4. The van der Waals surface area contributed by atoms with Crippen molar-refractivity contribution in [3.8, 4) is 5.75 Å². The van der Waals surface area contributed by atoms with Crippen LogP contribution in [0.5, 0.6) is 5.75 Å². The molecule has 0 unspecified atom stereocenters. The van der Waals surface area contributed by atoms with Gasteiger partial charge in [0.2, 0.25) is 5.89 Å². The number of nitrogens with zero attached hydrogens (tertiary/aromatic N) is 3. The van der Waals surface area contributed by atoms with E-state index in [0.717, 1.165) is 13.1 Å². The lowest BCUT2D eigenvalue weighted by atomic mass is 9.78. The largest absolute Gasteiger partial charge is 0.487 e. The van der Waals surface area contributed by atoms with E-state index in [0.29, 0.717) is 47.8 Å². The minimum Gasteiger partial charge on any atom is -0.487 e. The summed E-state index contributed by atoms with van der Waals surface area (Å²) in [5.74, 6) is 1.85. The molecular formula is C19H23N3O5. The first-order valence-electron chi connectivity index (χ1n) is 9.12. The molecule has 0 amide bonds. The van der Waals surface area contributed by atoms with Gasteiger partial charge in [0, 0.05) is 20.0 Å². The quantitative estimate of drug-likeness (QED) is 0.811. The Balaban J connectivity index is 1.47. The lowest BCUT2D eigenvalue weighted by Crippen LogP contribution is -2.42. The number of aromatic nitrogens is 2. The summed E-state index contributed by atoms with van der Waals surface area (Å²) in [5, 5.41) is 14.6. The predicted octanol–water partition coefficient (Wildman–Crippen LogP) is 1.82. The zero-order chi connectivity index (χ0) is 19.0. The number of carbonyl (C=O) groups excluding carboxylic acids is 1. The Morgan fingerprint density at radius 2 is 2.00 bits per heavy atom. The molecule has 0 bridgehead atoms. The minimum absolute atomic E-state index is 0.356. The van der Waals surface area contributed by atoms with E-state index >= 15 is 0 Å². The topological polar surface area (TPSA) is 97.9 Å². The van der Waals surface area contributed by atoms with Crippen molar-refractivity contribution >= 4 is 11.9 Å². The van der Waals surface area contributed by atoms with Crippen LogP contribution in [0.3, 0.4) is 0 Å². The summed E-state index contributed by atoms with van der Waals surface area (Å²) in [7, 11) is 1.34. The van der Waals surface area contributed by atoms with Crippen LogP contribution in [0.4, 0.5) is 5.95 Å². The lowest BCUT2D eigenvalue weighted by Gasteiger charge is -2.35. The summed E-state index contributed by atoms with van der Waals surface area (Å²) in [4.78, 5) is 18.3. The van der Waals surface area contributed by atoms with Gasteiger partial charge in [-0.1, -0.05) is 12.1 Å². The molecule has 2 heterocycles. The second kappa shape index (κ2) is 7.19. The molecule has 2 aliphatic rings. The molecule has 0 spiro atoms. The third-order valence-corrected chi connectivity index (χ3v) is 5.46. The molecule has 2 aromatic rings. The van der Waals surface area contributed by atoms with E-state index in [-0.39, 0.29) is 6.10 Å². The molecule has 0 radical (unpaired) electrons. The summed E-state index contributed by atoms with van der Waals surface area (Å²) in [5.41, 5.74) is 0.365. The smallest absolute Gasteiger partial charge is 0.341 e. The number of carbonyl (C=O) groups is 1. The monoisotopic (exact) mass is 373 g/mol. The molecule has 1 aromatic heterocycles. The number of para-hydroxylation sites is 1. The molecule has 8 heteroatoms. The second-order valence-corrected chi connectivity index (χ2v) is 7.22. The number of ether oxygens (including phenoxy) is 2. The van der Waals surface area contributed by atoms with Crippen LogP contribution in [0, 0.1) is 18.8 Å².